The summed E-state index contributed by atoms with van der Waals surface area (Å²) < 4.78 is 5.66. The lowest BCUT2D eigenvalue weighted by atomic mass is 10.2. The van der Waals surface area contributed by atoms with Gasteiger partial charge in [0, 0.05) is 38.9 Å². The van der Waals surface area contributed by atoms with Crippen molar-refractivity contribution in [2.75, 3.05) is 19.6 Å². The number of aromatic nitrogens is 1. The third-order valence-corrected chi connectivity index (χ3v) is 4.51. The average Bonchev–Trinajstić information content (AvgIpc) is 2.92. The zero-order valence-corrected chi connectivity index (χ0v) is 14.5. The van der Waals surface area contributed by atoms with E-state index in [9.17, 15) is 9.59 Å². The van der Waals surface area contributed by atoms with Crippen LogP contribution in [-0.2, 0) is 16.0 Å². The third-order valence-electron chi connectivity index (χ3n) is 4.51. The van der Waals surface area contributed by atoms with E-state index in [1.807, 2.05) is 29.2 Å². The predicted molar refractivity (Wildman–Crippen MR) is 95.0 cm³/mol. The van der Waals surface area contributed by atoms with Gasteiger partial charge in [-0.05, 0) is 31.4 Å². The second kappa shape index (κ2) is 8.65. The van der Waals surface area contributed by atoms with Crippen LogP contribution < -0.4 is 5.32 Å². The van der Waals surface area contributed by atoms with E-state index in [4.69, 9.17) is 4.42 Å². The normalized spacial score (nSPS) is 15.4. The van der Waals surface area contributed by atoms with Crippen molar-refractivity contribution in [3.8, 4) is 0 Å². The monoisotopic (exact) mass is 343 g/mol. The lowest BCUT2D eigenvalue weighted by molar-refractivity contribution is -0.131. The van der Waals surface area contributed by atoms with Crippen LogP contribution in [0.3, 0.4) is 0 Å². The second-order valence-electron chi connectivity index (χ2n) is 6.47. The van der Waals surface area contributed by atoms with Crippen LogP contribution in [0, 0.1) is 0 Å². The molecule has 0 radical (unpaired) electrons. The first-order valence-corrected chi connectivity index (χ1v) is 9.11. The fourth-order valence-electron chi connectivity index (χ4n) is 3.09. The molecule has 2 aromatic rings. The number of nitrogens with one attached hydrogen (secondary N) is 1. The van der Waals surface area contributed by atoms with Crippen molar-refractivity contribution >= 4 is 22.9 Å². The maximum atomic E-state index is 11.9. The van der Waals surface area contributed by atoms with Crippen LogP contribution in [0.1, 0.15) is 44.4 Å². The lowest BCUT2D eigenvalue weighted by Crippen LogP contribution is -2.35. The van der Waals surface area contributed by atoms with Gasteiger partial charge in [-0.25, -0.2) is 4.98 Å². The van der Waals surface area contributed by atoms with Crippen molar-refractivity contribution in [1.29, 1.82) is 0 Å². The van der Waals surface area contributed by atoms with Gasteiger partial charge in [0.15, 0.2) is 11.5 Å². The Kier molecular flexibility index (Phi) is 6.04. The Hall–Kier alpha value is -2.37. The van der Waals surface area contributed by atoms with Crippen LogP contribution in [-0.4, -0.2) is 41.3 Å². The molecule has 6 heteroatoms. The highest BCUT2D eigenvalue weighted by Crippen LogP contribution is 2.15. The minimum atomic E-state index is -0.00499. The van der Waals surface area contributed by atoms with Gasteiger partial charge in [0.1, 0.15) is 5.52 Å². The molecule has 0 saturated carbocycles. The lowest BCUT2D eigenvalue weighted by Gasteiger charge is -2.20. The van der Waals surface area contributed by atoms with Gasteiger partial charge in [0.2, 0.25) is 11.8 Å². The van der Waals surface area contributed by atoms with Gasteiger partial charge >= 0.3 is 0 Å². The van der Waals surface area contributed by atoms with Crippen LogP contribution >= 0.6 is 0 Å². The van der Waals surface area contributed by atoms with Crippen molar-refractivity contribution in [1.82, 2.24) is 15.2 Å². The van der Waals surface area contributed by atoms with E-state index >= 15 is 0 Å². The molecule has 1 aliphatic heterocycles. The third kappa shape index (κ3) is 5.05. The molecule has 0 bridgehead atoms. The molecule has 134 valence electrons. The Morgan fingerprint density at radius 1 is 1.24 bits per heavy atom. The van der Waals surface area contributed by atoms with E-state index in [-0.39, 0.29) is 11.8 Å². The van der Waals surface area contributed by atoms with Crippen molar-refractivity contribution in [3.05, 3.63) is 30.2 Å². The number of fused-ring (bicyclic) bond motifs is 1. The molecule has 0 unspecified atom stereocenters. The van der Waals surface area contributed by atoms with E-state index in [0.29, 0.717) is 38.2 Å². The quantitative estimate of drug-likeness (QED) is 0.784. The van der Waals surface area contributed by atoms with Crippen molar-refractivity contribution in [3.63, 3.8) is 0 Å². The van der Waals surface area contributed by atoms with Gasteiger partial charge in [-0.3, -0.25) is 9.59 Å². The Morgan fingerprint density at radius 2 is 2.12 bits per heavy atom. The van der Waals surface area contributed by atoms with Crippen LogP contribution in [0.25, 0.3) is 11.1 Å². The molecule has 1 aromatic heterocycles. The first kappa shape index (κ1) is 17.5. The number of para-hydroxylation sites is 2. The smallest absolute Gasteiger partial charge is 0.222 e. The molecular weight excluding hydrogens is 318 g/mol. The number of carbonyl (C=O) groups excluding carboxylic acids is 2. The number of likely N-dealkylation sites (tertiary alicyclic amines) is 1. The van der Waals surface area contributed by atoms with E-state index in [1.54, 1.807) is 0 Å². The first-order valence-electron chi connectivity index (χ1n) is 9.11. The molecule has 1 aliphatic rings. The number of hydrogen-bond donors (Lipinski definition) is 1. The number of rotatable bonds is 7. The van der Waals surface area contributed by atoms with Crippen LogP contribution in [0.4, 0.5) is 0 Å². The highest BCUT2D eigenvalue weighted by molar-refractivity contribution is 5.79. The first-order chi connectivity index (χ1) is 12.2. The number of hydrogen-bond acceptors (Lipinski definition) is 4. The molecule has 0 atom stereocenters. The number of amides is 2. The summed E-state index contributed by atoms with van der Waals surface area (Å²) in [6, 6.07) is 7.68. The van der Waals surface area contributed by atoms with Gasteiger partial charge < -0.3 is 14.6 Å². The Labute approximate surface area is 147 Å². The van der Waals surface area contributed by atoms with Gasteiger partial charge in [-0.15, -0.1) is 0 Å². The Bertz CT molecular complexity index is 693. The summed E-state index contributed by atoms with van der Waals surface area (Å²) in [5.41, 5.74) is 1.66. The molecule has 1 aromatic carbocycles. The molecule has 6 nitrogen and oxygen atoms in total. The van der Waals surface area contributed by atoms with E-state index in [2.05, 4.69) is 10.3 Å². The largest absolute Gasteiger partial charge is 0.441 e. The molecular formula is C19H25N3O3. The van der Waals surface area contributed by atoms with Crippen LogP contribution in [0.15, 0.2) is 28.7 Å². The molecule has 0 spiro atoms. The van der Waals surface area contributed by atoms with Crippen LogP contribution in [0.2, 0.25) is 0 Å². The molecule has 3 rings (SSSR count). The van der Waals surface area contributed by atoms with E-state index in [1.165, 1.54) is 0 Å². The zero-order valence-electron chi connectivity index (χ0n) is 14.5. The molecule has 1 saturated heterocycles. The van der Waals surface area contributed by atoms with Gasteiger partial charge in [0.05, 0.1) is 0 Å². The second-order valence-corrected chi connectivity index (χ2v) is 6.47. The minimum Gasteiger partial charge on any atom is -0.441 e. The molecule has 2 heterocycles. The summed E-state index contributed by atoms with van der Waals surface area (Å²) >= 11 is 0. The summed E-state index contributed by atoms with van der Waals surface area (Å²) in [4.78, 5) is 30.1. The SMILES string of the molecule is O=C(CCN1CCCCCC1=O)NCCCc1nc2ccccc2o1. The Balaban J connectivity index is 1.34. The fourth-order valence-corrected chi connectivity index (χ4v) is 3.09. The number of carbonyl (C=O) groups is 2. The minimum absolute atomic E-state index is 0.00499. The molecule has 1 fully saturated rings. The summed E-state index contributed by atoms with van der Waals surface area (Å²) in [5, 5.41) is 2.91. The predicted octanol–water partition coefficient (Wildman–Crippen LogP) is 2.67. The number of aryl methyl sites for hydroxylation is 1. The summed E-state index contributed by atoms with van der Waals surface area (Å²) in [6.45, 7) is 1.89. The number of benzene rings is 1. The Morgan fingerprint density at radius 3 is 3.00 bits per heavy atom. The highest BCUT2D eigenvalue weighted by Gasteiger charge is 2.17. The summed E-state index contributed by atoms with van der Waals surface area (Å²) in [5.74, 6) is 0.876. The van der Waals surface area contributed by atoms with E-state index < -0.39 is 0 Å². The van der Waals surface area contributed by atoms with Gasteiger partial charge in [-0.1, -0.05) is 18.6 Å². The van der Waals surface area contributed by atoms with Crippen LogP contribution in [0.5, 0.6) is 0 Å². The van der Waals surface area contributed by atoms with Gasteiger partial charge in [0.25, 0.3) is 0 Å². The number of nitrogens with zero attached hydrogens (tertiary/aromatic N) is 2. The highest BCUT2D eigenvalue weighted by atomic mass is 16.3. The van der Waals surface area contributed by atoms with Crippen molar-refractivity contribution < 1.29 is 14.0 Å². The number of oxazole rings is 1. The molecule has 1 N–H and O–H groups in total. The average molecular weight is 343 g/mol. The van der Waals surface area contributed by atoms with Gasteiger partial charge in [-0.2, -0.15) is 0 Å². The fraction of sp³-hybridized carbons (Fsp3) is 0.526. The standard InChI is InChI=1S/C19H25N3O3/c23-17(11-14-22-13-5-1-2-10-19(22)24)20-12-6-9-18-21-15-7-3-4-8-16(15)25-18/h3-4,7-8H,1-2,5-6,9-14H2,(H,20,23). The summed E-state index contributed by atoms with van der Waals surface area (Å²) in [6.07, 6.45) is 5.57. The maximum Gasteiger partial charge on any atom is 0.222 e. The summed E-state index contributed by atoms with van der Waals surface area (Å²) in [7, 11) is 0. The van der Waals surface area contributed by atoms with E-state index in [0.717, 1.165) is 43.3 Å². The zero-order chi connectivity index (χ0) is 17.5. The molecule has 2 amide bonds. The maximum absolute atomic E-state index is 11.9. The van der Waals surface area contributed by atoms with Crippen molar-refractivity contribution in [2.24, 2.45) is 0 Å². The molecule has 25 heavy (non-hydrogen) atoms. The topological polar surface area (TPSA) is 75.4 Å². The van der Waals surface area contributed by atoms with Crippen molar-refractivity contribution in [2.45, 2.75) is 44.9 Å². The molecule has 0 aliphatic carbocycles.